The largest absolute Gasteiger partial charge is 0.394 e. The van der Waals surface area contributed by atoms with Gasteiger partial charge in [-0.3, -0.25) is 0 Å². The molecular weight excluding hydrogens is 128 g/mol. The van der Waals surface area contributed by atoms with E-state index in [-0.39, 0.29) is 12.7 Å². The Morgan fingerprint density at radius 3 is 2.60 bits per heavy atom. The summed E-state index contributed by atoms with van der Waals surface area (Å²) in [6.07, 6.45) is 1.11. The number of rotatable bonds is 1. The molecule has 0 bridgehead atoms. The molecule has 1 aliphatic heterocycles. The van der Waals surface area contributed by atoms with Crippen molar-refractivity contribution in [2.45, 2.75) is 26.4 Å². The number of hydrogen-bond acceptors (Lipinski definition) is 2. The predicted molar refractivity (Wildman–Crippen MR) is 39.8 cm³/mol. The lowest BCUT2D eigenvalue weighted by molar-refractivity contribution is -0.0602. The van der Waals surface area contributed by atoms with E-state index in [9.17, 15) is 0 Å². The average Bonchev–Trinajstić information content (AvgIpc) is 1.95. The quantitative estimate of drug-likeness (QED) is 0.596. The number of aliphatic hydroxyl groups is 1. The minimum absolute atomic E-state index is 0.103. The molecule has 60 valence electrons. The van der Waals surface area contributed by atoms with Gasteiger partial charge in [0.15, 0.2) is 0 Å². The fourth-order valence-corrected chi connectivity index (χ4v) is 1.29. The van der Waals surface area contributed by atoms with Crippen molar-refractivity contribution in [3.8, 4) is 0 Å². The van der Waals surface area contributed by atoms with Crippen LogP contribution < -0.4 is 0 Å². The zero-order valence-corrected chi connectivity index (χ0v) is 6.71. The van der Waals surface area contributed by atoms with Crippen molar-refractivity contribution in [1.82, 2.24) is 0 Å². The molecule has 2 heteroatoms. The Hall–Kier alpha value is -0.0800. The zero-order chi connectivity index (χ0) is 7.56. The van der Waals surface area contributed by atoms with E-state index in [0.29, 0.717) is 11.8 Å². The molecule has 1 saturated heterocycles. The number of hydrogen-bond donors (Lipinski definition) is 1. The highest BCUT2D eigenvalue weighted by Crippen LogP contribution is 2.24. The summed E-state index contributed by atoms with van der Waals surface area (Å²) < 4.78 is 5.36. The minimum atomic E-state index is 0.103. The van der Waals surface area contributed by atoms with Crippen molar-refractivity contribution in [3.63, 3.8) is 0 Å². The Kier molecular flexibility index (Phi) is 2.69. The second kappa shape index (κ2) is 3.35. The van der Waals surface area contributed by atoms with Crippen LogP contribution in [0.5, 0.6) is 0 Å². The zero-order valence-electron chi connectivity index (χ0n) is 6.71. The standard InChI is InChI=1S/C8H16O2/c1-6-3-8(4-9)10-5-7(6)2/h6-9H,3-5H2,1-2H3. The molecule has 0 aliphatic carbocycles. The van der Waals surface area contributed by atoms with Gasteiger partial charge in [0.2, 0.25) is 0 Å². The lowest BCUT2D eigenvalue weighted by Gasteiger charge is -2.31. The van der Waals surface area contributed by atoms with E-state index in [4.69, 9.17) is 9.84 Å². The van der Waals surface area contributed by atoms with Crippen LogP contribution in [0.2, 0.25) is 0 Å². The first-order chi connectivity index (χ1) is 4.74. The molecule has 0 aromatic rings. The number of aliphatic hydroxyl groups excluding tert-OH is 1. The highest BCUT2D eigenvalue weighted by Gasteiger charge is 2.24. The van der Waals surface area contributed by atoms with Gasteiger partial charge < -0.3 is 9.84 Å². The molecule has 3 unspecified atom stereocenters. The molecule has 10 heavy (non-hydrogen) atoms. The number of ether oxygens (including phenoxy) is 1. The summed E-state index contributed by atoms with van der Waals surface area (Å²) in [5, 5.41) is 8.77. The fourth-order valence-electron chi connectivity index (χ4n) is 1.29. The fraction of sp³-hybridized carbons (Fsp3) is 1.00. The summed E-state index contributed by atoms with van der Waals surface area (Å²) in [6, 6.07) is 0. The van der Waals surface area contributed by atoms with Gasteiger partial charge in [-0.2, -0.15) is 0 Å². The monoisotopic (exact) mass is 144 g/mol. The molecule has 0 amide bonds. The van der Waals surface area contributed by atoms with Crippen LogP contribution in [0.25, 0.3) is 0 Å². The minimum Gasteiger partial charge on any atom is -0.394 e. The van der Waals surface area contributed by atoms with Gasteiger partial charge in [-0.05, 0) is 18.3 Å². The van der Waals surface area contributed by atoms with Crippen LogP contribution >= 0.6 is 0 Å². The van der Waals surface area contributed by atoms with Crippen LogP contribution in [0.4, 0.5) is 0 Å². The van der Waals surface area contributed by atoms with Crippen molar-refractivity contribution < 1.29 is 9.84 Å². The van der Waals surface area contributed by atoms with Crippen molar-refractivity contribution >= 4 is 0 Å². The smallest absolute Gasteiger partial charge is 0.0808 e. The Balaban J connectivity index is 2.33. The second-order valence-corrected chi connectivity index (χ2v) is 3.33. The molecule has 0 aromatic heterocycles. The Labute approximate surface area is 62.2 Å². The van der Waals surface area contributed by atoms with E-state index >= 15 is 0 Å². The van der Waals surface area contributed by atoms with Crippen LogP contribution in [0.15, 0.2) is 0 Å². The summed E-state index contributed by atoms with van der Waals surface area (Å²) in [5.41, 5.74) is 0. The van der Waals surface area contributed by atoms with E-state index in [1.54, 1.807) is 0 Å². The van der Waals surface area contributed by atoms with E-state index in [0.717, 1.165) is 13.0 Å². The first kappa shape index (κ1) is 8.02. The van der Waals surface area contributed by atoms with Crippen LogP contribution in [-0.4, -0.2) is 24.4 Å². The highest BCUT2D eigenvalue weighted by molar-refractivity contribution is 4.72. The lowest BCUT2D eigenvalue weighted by Crippen LogP contribution is -2.32. The van der Waals surface area contributed by atoms with E-state index in [1.165, 1.54) is 0 Å². The molecule has 0 aromatic carbocycles. The van der Waals surface area contributed by atoms with Crippen LogP contribution in [0, 0.1) is 11.8 Å². The topological polar surface area (TPSA) is 29.5 Å². The van der Waals surface area contributed by atoms with Gasteiger partial charge >= 0.3 is 0 Å². The molecule has 1 aliphatic rings. The van der Waals surface area contributed by atoms with Gasteiger partial charge in [0, 0.05) is 6.61 Å². The molecule has 3 atom stereocenters. The van der Waals surface area contributed by atoms with Gasteiger partial charge in [0.05, 0.1) is 12.7 Å². The summed E-state index contributed by atoms with van der Waals surface area (Å²) in [6.45, 7) is 5.40. The predicted octanol–water partition coefficient (Wildman–Crippen LogP) is 1.04. The van der Waals surface area contributed by atoms with Gasteiger partial charge in [-0.1, -0.05) is 13.8 Å². The third-order valence-electron chi connectivity index (χ3n) is 2.40. The van der Waals surface area contributed by atoms with Crippen molar-refractivity contribution in [2.75, 3.05) is 13.2 Å². The highest BCUT2D eigenvalue weighted by atomic mass is 16.5. The maximum atomic E-state index is 8.77. The van der Waals surface area contributed by atoms with Crippen LogP contribution in [0.3, 0.4) is 0 Å². The molecule has 1 rings (SSSR count). The van der Waals surface area contributed by atoms with Gasteiger partial charge in [0.1, 0.15) is 0 Å². The summed E-state index contributed by atoms with van der Waals surface area (Å²) >= 11 is 0. The summed E-state index contributed by atoms with van der Waals surface area (Å²) in [7, 11) is 0. The van der Waals surface area contributed by atoms with E-state index < -0.39 is 0 Å². The van der Waals surface area contributed by atoms with E-state index in [2.05, 4.69) is 13.8 Å². The molecule has 0 radical (unpaired) electrons. The van der Waals surface area contributed by atoms with E-state index in [1.807, 2.05) is 0 Å². The first-order valence-electron chi connectivity index (χ1n) is 3.96. The van der Waals surface area contributed by atoms with Gasteiger partial charge in [-0.15, -0.1) is 0 Å². The maximum absolute atomic E-state index is 8.77. The molecular formula is C8H16O2. The first-order valence-corrected chi connectivity index (χ1v) is 3.96. The third-order valence-corrected chi connectivity index (χ3v) is 2.40. The lowest BCUT2D eigenvalue weighted by atomic mass is 9.89. The van der Waals surface area contributed by atoms with Crippen molar-refractivity contribution in [1.29, 1.82) is 0 Å². The average molecular weight is 144 g/mol. The maximum Gasteiger partial charge on any atom is 0.0808 e. The SMILES string of the molecule is CC1COC(CO)CC1C. The molecule has 0 saturated carbocycles. The Bertz CT molecular complexity index is 103. The van der Waals surface area contributed by atoms with Gasteiger partial charge in [0.25, 0.3) is 0 Å². The summed E-state index contributed by atoms with van der Waals surface area (Å²) in [5.74, 6) is 1.36. The Morgan fingerprint density at radius 2 is 2.10 bits per heavy atom. The molecule has 1 heterocycles. The summed E-state index contributed by atoms with van der Waals surface area (Å²) in [4.78, 5) is 0. The normalized spacial score (nSPS) is 41.7. The third kappa shape index (κ3) is 1.70. The van der Waals surface area contributed by atoms with Crippen molar-refractivity contribution in [3.05, 3.63) is 0 Å². The van der Waals surface area contributed by atoms with Crippen molar-refractivity contribution in [2.24, 2.45) is 11.8 Å². The van der Waals surface area contributed by atoms with Crippen LogP contribution in [0.1, 0.15) is 20.3 Å². The Morgan fingerprint density at radius 1 is 1.40 bits per heavy atom. The molecule has 1 N–H and O–H groups in total. The second-order valence-electron chi connectivity index (χ2n) is 3.33. The van der Waals surface area contributed by atoms with Gasteiger partial charge in [-0.25, -0.2) is 0 Å². The van der Waals surface area contributed by atoms with Crippen LogP contribution in [-0.2, 0) is 4.74 Å². The molecule has 2 nitrogen and oxygen atoms in total. The molecule has 1 fully saturated rings. The molecule has 0 spiro atoms.